The van der Waals surface area contributed by atoms with Crippen LogP contribution in [0.4, 0.5) is 0 Å². The van der Waals surface area contributed by atoms with E-state index in [4.69, 9.17) is 34.8 Å². The molecular weight excluding hydrogens is 343 g/mol. The lowest BCUT2D eigenvalue weighted by atomic mass is 9.99. The van der Waals surface area contributed by atoms with E-state index in [9.17, 15) is 4.79 Å². The number of nitrogens with zero attached hydrogens (tertiary/aromatic N) is 1. The van der Waals surface area contributed by atoms with Crippen LogP contribution in [0.15, 0.2) is 42.5 Å². The molecule has 0 aliphatic heterocycles. The molecule has 3 nitrogen and oxygen atoms in total. The third kappa shape index (κ3) is 2.75. The molecule has 0 aliphatic carbocycles. The number of carbonyl (C=O) groups is 1. The first-order chi connectivity index (χ1) is 10.6. The minimum atomic E-state index is 0.378. The highest BCUT2D eigenvalue weighted by Crippen LogP contribution is 2.37. The standard InChI is InChI=1S/C16H9Cl3N2O/c17-10-3-1-9(2-4-10)15-14(8-22)20-21-16(15)12-6-5-11(18)7-13(12)19/h1-8H,(H,20,21). The van der Waals surface area contributed by atoms with Crippen LogP contribution in [-0.4, -0.2) is 16.5 Å². The fourth-order valence-electron chi connectivity index (χ4n) is 2.23. The molecule has 0 radical (unpaired) electrons. The van der Waals surface area contributed by atoms with Crippen molar-refractivity contribution >= 4 is 41.1 Å². The molecule has 1 heterocycles. The van der Waals surface area contributed by atoms with Gasteiger partial charge in [0.2, 0.25) is 0 Å². The third-order valence-corrected chi connectivity index (χ3v) is 4.03. The summed E-state index contributed by atoms with van der Waals surface area (Å²) in [6.07, 6.45) is 0.726. The van der Waals surface area contributed by atoms with Crippen LogP contribution in [0, 0.1) is 0 Å². The zero-order valence-electron chi connectivity index (χ0n) is 11.1. The number of rotatable bonds is 3. The molecule has 0 amide bonds. The van der Waals surface area contributed by atoms with Crippen LogP contribution in [0.5, 0.6) is 0 Å². The summed E-state index contributed by atoms with van der Waals surface area (Å²) in [4.78, 5) is 11.3. The van der Waals surface area contributed by atoms with Crippen molar-refractivity contribution in [1.82, 2.24) is 10.2 Å². The molecule has 0 saturated carbocycles. The molecule has 0 saturated heterocycles. The van der Waals surface area contributed by atoms with Gasteiger partial charge in [-0.1, -0.05) is 46.9 Å². The Balaban J connectivity index is 2.23. The summed E-state index contributed by atoms with van der Waals surface area (Å²) in [6, 6.07) is 12.3. The van der Waals surface area contributed by atoms with Gasteiger partial charge in [0.25, 0.3) is 0 Å². The van der Waals surface area contributed by atoms with Crippen LogP contribution >= 0.6 is 34.8 Å². The van der Waals surface area contributed by atoms with E-state index in [1.54, 1.807) is 30.3 Å². The molecule has 3 aromatic rings. The average molecular weight is 352 g/mol. The van der Waals surface area contributed by atoms with Crippen molar-refractivity contribution in [3.63, 3.8) is 0 Å². The van der Waals surface area contributed by atoms with E-state index in [1.165, 1.54) is 0 Å². The summed E-state index contributed by atoms with van der Waals surface area (Å²) in [7, 11) is 0. The second kappa shape index (κ2) is 6.13. The summed E-state index contributed by atoms with van der Waals surface area (Å²) in [6.45, 7) is 0. The maximum absolute atomic E-state index is 11.3. The lowest BCUT2D eigenvalue weighted by Crippen LogP contribution is -1.87. The Labute approximate surface area is 141 Å². The molecular formula is C16H9Cl3N2O. The summed E-state index contributed by atoms with van der Waals surface area (Å²) in [5.41, 5.74) is 3.16. The number of aldehydes is 1. The van der Waals surface area contributed by atoms with Crippen LogP contribution in [0.3, 0.4) is 0 Å². The molecule has 0 atom stereocenters. The second-order valence-corrected chi connectivity index (χ2v) is 5.89. The topological polar surface area (TPSA) is 45.8 Å². The minimum Gasteiger partial charge on any atom is -0.296 e. The van der Waals surface area contributed by atoms with Gasteiger partial charge in [0.1, 0.15) is 11.4 Å². The van der Waals surface area contributed by atoms with E-state index in [-0.39, 0.29) is 0 Å². The zero-order valence-corrected chi connectivity index (χ0v) is 13.4. The fraction of sp³-hybridized carbons (Fsp3) is 0. The number of hydrogen-bond acceptors (Lipinski definition) is 2. The van der Waals surface area contributed by atoms with E-state index in [0.717, 1.165) is 11.8 Å². The largest absolute Gasteiger partial charge is 0.296 e. The lowest BCUT2D eigenvalue weighted by Gasteiger charge is -2.06. The minimum absolute atomic E-state index is 0.378. The van der Waals surface area contributed by atoms with Gasteiger partial charge in [0, 0.05) is 21.2 Å². The van der Waals surface area contributed by atoms with Crippen LogP contribution in [0.1, 0.15) is 10.5 Å². The second-order valence-electron chi connectivity index (χ2n) is 4.61. The van der Waals surface area contributed by atoms with Gasteiger partial charge in [-0.25, -0.2) is 0 Å². The van der Waals surface area contributed by atoms with Crippen molar-refractivity contribution in [2.45, 2.75) is 0 Å². The Bertz CT molecular complexity index is 841. The number of hydrogen-bond donors (Lipinski definition) is 1. The van der Waals surface area contributed by atoms with Crippen LogP contribution in [-0.2, 0) is 0 Å². The first kappa shape index (κ1) is 15.1. The Morgan fingerprint density at radius 3 is 2.27 bits per heavy atom. The number of aromatic amines is 1. The molecule has 0 bridgehead atoms. The van der Waals surface area contributed by atoms with Crippen molar-refractivity contribution < 1.29 is 4.79 Å². The first-order valence-corrected chi connectivity index (χ1v) is 7.48. The van der Waals surface area contributed by atoms with Gasteiger partial charge in [-0.15, -0.1) is 0 Å². The summed E-state index contributed by atoms with van der Waals surface area (Å²) in [5.74, 6) is 0. The van der Waals surface area contributed by atoms with Gasteiger partial charge >= 0.3 is 0 Å². The fourth-order valence-corrected chi connectivity index (χ4v) is 2.85. The van der Waals surface area contributed by atoms with E-state index in [2.05, 4.69) is 10.2 Å². The highest BCUT2D eigenvalue weighted by atomic mass is 35.5. The Kier molecular flexibility index (Phi) is 4.21. The summed E-state index contributed by atoms with van der Waals surface area (Å²) in [5, 5.41) is 8.58. The zero-order chi connectivity index (χ0) is 15.7. The van der Waals surface area contributed by atoms with E-state index in [1.807, 2.05) is 12.1 Å². The van der Waals surface area contributed by atoms with Crippen molar-refractivity contribution in [3.05, 3.63) is 63.2 Å². The van der Waals surface area contributed by atoms with E-state index >= 15 is 0 Å². The van der Waals surface area contributed by atoms with Gasteiger partial charge < -0.3 is 0 Å². The van der Waals surface area contributed by atoms with Gasteiger partial charge in [-0.3, -0.25) is 9.89 Å². The molecule has 22 heavy (non-hydrogen) atoms. The number of nitrogens with one attached hydrogen (secondary N) is 1. The SMILES string of the molecule is O=Cc1[nH]nc(-c2ccc(Cl)cc2Cl)c1-c1ccc(Cl)cc1. The van der Waals surface area contributed by atoms with E-state index in [0.29, 0.717) is 37.6 Å². The highest BCUT2D eigenvalue weighted by Gasteiger charge is 2.18. The molecule has 110 valence electrons. The van der Waals surface area contributed by atoms with Crippen molar-refractivity contribution in [3.8, 4) is 22.4 Å². The average Bonchev–Trinajstić information content (AvgIpc) is 2.92. The van der Waals surface area contributed by atoms with Crippen molar-refractivity contribution in [2.75, 3.05) is 0 Å². The highest BCUT2D eigenvalue weighted by molar-refractivity contribution is 6.36. The van der Waals surface area contributed by atoms with Gasteiger partial charge in [0.05, 0.1) is 5.02 Å². The predicted octanol–water partition coefficient (Wildman–Crippen LogP) is 5.52. The molecule has 0 fully saturated rings. The summed E-state index contributed by atoms with van der Waals surface area (Å²) >= 11 is 18.1. The number of H-pyrrole nitrogens is 1. The monoisotopic (exact) mass is 350 g/mol. The maximum Gasteiger partial charge on any atom is 0.168 e. The van der Waals surface area contributed by atoms with Gasteiger partial charge in [-0.05, 0) is 35.9 Å². The number of halogens is 3. The van der Waals surface area contributed by atoms with Crippen LogP contribution in [0.2, 0.25) is 15.1 Å². The van der Waals surface area contributed by atoms with Gasteiger partial charge in [0.15, 0.2) is 6.29 Å². The maximum atomic E-state index is 11.3. The van der Waals surface area contributed by atoms with Crippen LogP contribution in [0.25, 0.3) is 22.4 Å². The lowest BCUT2D eigenvalue weighted by molar-refractivity contribution is 0.111. The summed E-state index contributed by atoms with van der Waals surface area (Å²) < 4.78 is 0. The molecule has 1 aromatic heterocycles. The Morgan fingerprint density at radius 1 is 0.955 bits per heavy atom. The van der Waals surface area contributed by atoms with Crippen molar-refractivity contribution in [1.29, 1.82) is 0 Å². The number of benzene rings is 2. The molecule has 6 heteroatoms. The first-order valence-electron chi connectivity index (χ1n) is 6.35. The quantitative estimate of drug-likeness (QED) is 0.632. The van der Waals surface area contributed by atoms with E-state index < -0.39 is 0 Å². The van der Waals surface area contributed by atoms with Crippen LogP contribution < -0.4 is 0 Å². The smallest absolute Gasteiger partial charge is 0.168 e. The predicted molar refractivity (Wildman–Crippen MR) is 89.9 cm³/mol. The van der Waals surface area contributed by atoms with Crippen molar-refractivity contribution in [2.24, 2.45) is 0 Å². The molecule has 2 aromatic carbocycles. The normalized spacial score (nSPS) is 10.7. The molecule has 0 aliphatic rings. The third-order valence-electron chi connectivity index (χ3n) is 3.23. The van der Waals surface area contributed by atoms with Gasteiger partial charge in [-0.2, -0.15) is 5.10 Å². The Morgan fingerprint density at radius 2 is 1.64 bits per heavy atom. The number of carbonyl (C=O) groups excluding carboxylic acids is 1. The molecule has 1 N–H and O–H groups in total. The molecule has 0 unspecified atom stereocenters. The molecule has 0 spiro atoms. The number of aromatic nitrogens is 2. The Hall–Kier alpha value is -1.81. The molecule has 3 rings (SSSR count).